The van der Waals surface area contributed by atoms with Gasteiger partial charge in [0.05, 0.1) is 73.8 Å². The van der Waals surface area contributed by atoms with Crippen molar-refractivity contribution in [3.8, 4) is 11.3 Å². The number of nitrogen functional groups attached to an aromatic ring is 2. The van der Waals surface area contributed by atoms with Gasteiger partial charge in [-0.15, -0.1) is 5.10 Å². The van der Waals surface area contributed by atoms with E-state index in [1.54, 1.807) is 63.3 Å². The van der Waals surface area contributed by atoms with Gasteiger partial charge in [0.25, 0.3) is 23.6 Å². The quantitative estimate of drug-likeness (QED) is 0.00973. The van der Waals surface area contributed by atoms with E-state index in [2.05, 4.69) is 56.1 Å². The molecule has 4 fully saturated rings. The minimum absolute atomic E-state index is 0.0110. The zero-order chi connectivity index (χ0) is 87.9. The van der Waals surface area contributed by atoms with Gasteiger partial charge in [0.1, 0.15) is 59.3 Å². The van der Waals surface area contributed by atoms with E-state index in [4.69, 9.17) is 65.4 Å². The summed E-state index contributed by atoms with van der Waals surface area (Å²) >= 11 is 0. The van der Waals surface area contributed by atoms with E-state index in [0.29, 0.717) is 160 Å². The molecule has 3 amide bonds. The van der Waals surface area contributed by atoms with Crippen LogP contribution in [0, 0.1) is 29.1 Å². The lowest BCUT2D eigenvalue weighted by Crippen LogP contribution is -2.58. The number of aliphatic hydroxyl groups is 3. The number of ether oxygens (including phenoxy) is 6. The van der Waals surface area contributed by atoms with E-state index in [9.17, 15) is 48.9 Å². The molecule has 123 heavy (non-hydrogen) atoms. The number of oxazole rings is 1. The molecule has 0 radical (unpaired) electrons. The van der Waals surface area contributed by atoms with Crippen LogP contribution in [0.15, 0.2) is 108 Å². The third-order valence-electron chi connectivity index (χ3n) is 23.4. The fraction of sp³-hybridized carbons (Fsp3) is 0.570. The molecular formula is C86H118N20O17. The summed E-state index contributed by atoms with van der Waals surface area (Å²) in [5.41, 5.74) is 23.5. The number of esters is 1. The standard InChI is InChI=1S/C86H118N20O17/c1-51-16-9-8-10-17-52(2)68(117-6)43-60-18-15-25-86(116,123-60)77(112)81(114)105-29-14-11-19-65(105)82(115)121-69(44-66(107)53(3)39-55(5)75(110)76(111)74(109)54(4)38-51)61(87)40-56-20-22-64(70(41-56)118-7)106-49-63(101-102-106)58-45-94-84(95-46-58)103-30-32-104(33-31-103)85-96-47-59(48-97-85)80(113)93-28-35-120-37-36-119-34-24-71(108)91-26-12-13-27-92-79-72(78(89)98-50-99-79)73(88)57-21-23-67-62(42-57)100-83(90)122-67/h8-10,16-17,21,23,39,42,45-51,53-54,56,60-61,64-65,68-70,75-76,88,110-111,116H,11-15,18-20,22,24-38,40-41,43-44,87H2,1-7H3,(H2,90,100)(H,91,108)(H,93,113)(H3,89,92,98,99)/b10-8?,16-9+,52-17?,55-39+,88-73?/t51-,53-,54-,56+,60+,61-,64?,65+,68+,69+,70-,75-,76+,86-/m1/s1. The number of cyclic esters (lactones) is 1. The van der Waals surface area contributed by atoms with Crippen molar-refractivity contribution in [3.63, 3.8) is 0 Å². The highest BCUT2D eigenvalue weighted by atomic mass is 16.6. The van der Waals surface area contributed by atoms with Crippen LogP contribution >= 0.6 is 0 Å². The highest BCUT2D eigenvalue weighted by Crippen LogP contribution is 2.39. The SMILES string of the molecule is CO[C@H]1C[C@@H]2CCC[C@@](O)(O2)C(=O)C(=O)N2CCCC[C@H]2C(=O)O[C@H]([C@H](N)C[C@@H]2CCC(n3cc(-c4cnc(N5CCN(c6ncc(C(=O)NCCOCCOCCC(=O)NCCCCNc7ncnc(N)c7C(=N)c7ccc8oc(N)nc8c7)cn6)CC5)nc4)nn3)[C@H](OC)C2)CC(=O)[C@H](C)/C=C(\C)[C@@H](O)[C@@H](O)C(=O)[C@H](C)C[C@H](C)/C=C/C=CC=C1C. The number of allylic oxidation sites excluding steroid dienone is 6. The number of hydrogen-bond donors (Lipinski definition) is 10. The Kier molecular flexibility index (Phi) is 33.6. The third-order valence-corrected chi connectivity index (χ3v) is 23.4. The summed E-state index contributed by atoms with van der Waals surface area (Å²) in [5.74, 6) is -7.25. The first kappa shape index (κ1) is 92.9. The lowest BCUT2D eigenvalue weighted by Gasteiger charge is -2.40. The first-order valence-electron chi connectivity index (χ1n) is 42.4. The number of aliphatic hydroxyl groups excluding tert-OH is 2. The number of carbonyl (C=O) groups is 7. The number of fused-ring (bicyclic) bond motifs is 4. The van der Waals surface area contributed by atoms with Crippen molar-refractivity contribution < 1.29 is 81.7 Å². The Hall–Kier alpha value is -10.8. The monoisotopic (exact) mass is 1700 g/mol. The second-order valence-electron chi connectivity index (χ2n) is 32.5. The number of unbranched alkanes of at least 4 members (excludes halogenated alkanes) is 1. The summed E-state index contributed by atoms with van der Waals surface area (Å²) in [5, 5.41) is 61.3. The maximum Gasteiger partial charge on any atom is 0.329 e. The molecule has 9 heterocycles. The molecule has 1 saturated carbocycles. The van der Waals surface area contributed by atoms with E-state index in [1.807, 2.05) is 55.3 Å². The van der Waals surface area contributed by atoms with Gasteiger partial charge in [0, 0.05) is 146 Å². The Labute approximate surface area is 714 Å². The van der Waals surface area contributed by atoms with Crippen molar-refractivity contribution in [2.24, 2.45) is 29.4 Å². The van der Waals surface area contributed by atoms with E-state index < -0.39 is 89.5 Å². The first-order chi connectivity index (χ1) is 59.2. The van der Waals surface area contributed by atoms with Gasteiger partial charge in [-0.1, -0.05) is 62.4 Å². The van der Waals surface area contributed by atoms with Crippen molar-refractivity contribution >= 4 is 87.4 Å². The minimum atomic E-state index is -2.47. The van der Waals surface area contributed by atoms with Crippen LogP contribution in [-0.2, 0) is 57.2 Å². The molecule has 13 N–H and O–H groups in total. The summed E-state index contributed by atoms with van der Waals surface area (Å²) in [4.78, 5) is 133. The van der Waals surface area contributed by atoms with Crippen LogP contribution in [0.3, 0.4) is 0 Å². The molecule has 2 bridgehead atoms. The topological polar surface area (TPSA) is 517 Å². The van der Waals surface area contributed by atoms with Gasteiger partial charge in [-0.25, -0.2) is 39.4 Å². The molecule has 1 unspecified atom stereocenters. The number of carbonyl (C=O) groups excluding carboxylic acids is 7. The zero-order valence-electron chi connectivity index (χ0n) is 71.1. The van der Waals surface area contributed by atoms with Crippen LogP contribution in [0.4, 0.5) is 29.5 Å². The van der Waals surface area contributed by atoms with E-state index in [1.165, 1.54) is 31.7 Å². The van der Waals surface area contributed by atoms with Gasteiger partial charge in [-0.2, -0.15) is 4.98 Å². The van der Waals surface area contributed by atoms with Gasteiger partial charge in [0.2, 0.25) is 23.6 Å². The number of aromatic nitrogens is 10. The molecule has 5 aromatic heterocycles. The number of nitrogens with one attached hydrogen (secondary N) is 4. The number of nitrogens with zero attached hydrogens (tertiary/aromatic N) is 13. The molecule has 37 nitrogen and oxygen atoms in total. The second kappa shape index (κ2) is 44.5. The normalized spacial score (nSPS) is 26.2. The molecule has 0 spiro atoms. The molecule has 5 aliphatic rings. The number of methoxy groups -OCH3 is 2. The molecule has 11 rings (SSSR count). The van der Waals surface area contributed by atoms with Crippen molar-refractivity contribution in [2.45, 2.75) is 198 Å². The number of piperidine rings is 1. The molecule has 3 saturated heterocycles. The molecule has 1 aliphatic carbocycles. The Morgan fingerprint density at radius 3 is 2.22 bits per heavy atom. The number of benzene rings is 1. The van der Waals surface area contributed by atoms with Crippen LogP contribution in [-0.4, -0.2) is 264 Å². The number of anilines is 5. The van der Waals surface area contributed by atoms with Gasteiger partial charge in [0.15, 0.2) is 11.4 Å². The second-order valence-corrected chi connectivity index (χ2v) is 32.5. The fourth-order valence-corrected chi connectivity index (χ4v) is 16.3. The van der Waals surface area contributed by atoms with Gasteiger partial charge in [-0.05, 0) is 132 Å². The smallest absolute Gasteiger partial charge is 0.329 e. The number of ketones is 3. The summed E-state index contributed by atoms with van der Waals surface area (Å²) in [6.45, 7) is 13.1. The number of Topliss-reactive ketones (excluding diaryl/α,β-unsaturated/α-hetero) is 3. The summed E-state index contributed by atoms with van der Waals surface area (Å²) in [6, 6.07) is 2.68. The van der Waals surface area contributed by atoms with Crippen LogP contribution in [0.5, 0.6) is 0 Å². The van der Waals surface area contributed by atoms with Crippen LogP contribution in [0.25, 0.3) is 22.4 Å². The van der Waals surface area contributed by atoms with E-state index >= 15 is 0 Å². The summed E-state index contributed by atoms with van der Waals surface area (Å²) < 4.78 is 42.7. The average molecular weight is 1700 g/mol. The molecule has 6 aromatic rings. The molecule has 14 atom stereocenters. The molecule has 37 heteroatoms. The molecule has 4 aliphatic heterocycles. The lowest BCUT2D eigenvalue weighted by molar-refractivity contribution is -0.245. The molecule has 1 aromatic carbocycles. The largest absolute Gasteiger partial charge is 0.459 e. The number of nitrogens with two attached hydrogens (primary N) is 3. The van der Waals surface area contributed by atoms with Crippen LogP contribution in [0.1, 0.15) is 165 Å². The minimum Gasteiger partial charge on any atom is -0.459 e. The highest BCUT2D eigenvalue weighted by molar-refractivity contribution is 6.39. The zero-order valence-corrected chi connectivity index (χ0v) is 71.1. The van der Waals surface area contributed by atoms with Crippen LogP contribution in [0.2, 0.25) is 0 Å². The van der Waals surface area contributed by atoms with E-state index in [-0.39, 0.29) is 137 Å². The summed E-state index contributed by atoms with van der Waals surface area (Å²) in [7, 11) is 3.17. The number of rotatable bonds is 27. The van der Waals surface area contributed by atoms with Crippen molar-refractivity contribution in [1.29, 1.82) is 5.41 Å². The fourth-order valence-electron chi connectivity index (χ4n) is 16.3. The maximum absolute atomic E-state index is 14.7. The summed E-state index contributed by atoms with van der Waals surface area (Å²) in [6.07, 6.45) is 19.9. The predicted octanol–water partition coefficient (Wildman–Crippen LogP) is 5.69. The van der Waals surface area contributed by atoms with Crippen molar-refractivity contribution in [1.82, 2.24) is 65.4 Å². The highest BCUT2D eigenvalue weighted by Gasteiger charge is 2.50. The number of hydrogen-bond acceptors (Lipinski definition) is 33. The molecular weight excluding hydrogens is 1590 g/mol. The van der Waals surface area contributed by atoms with Crippen molar-refractivity contribution in [3.05, 3.63) is 120 Å². The van der Waals surface area contributed by atoms with Gasteiger partial charge >= 0.3 is 5.97 Å². The Morgan fingerprint density at radius 2 is 1.49 bits per heavy atom. The van der Waals surface area contributed by atoms with Gasteiger partial charge in [-0.3, -0.25) is 34.2 Å². The number of amides is 3. The maximum atomic E-state index is 14.7. The van der Waals surface area contributed by atoms with Gasteiger partial charge < -0.3 is 96.0 Å². The Balaban J connectivity index is 0.607. The average Bonchev–Trinajstić information content (AvgIpc) is 1.55. The first-order valence-corrected chi connectivity index (χ1v) is 42.4. The van der Waals surface area contributed by atoms with Crippen LogP contribution < -0.4 is 43.0 Å². The Bertz CT molecular complexity index is 4730. The predicted molar refractivity (Wildman–Crippen MR) is 455 cm³/mol. The lowest BCUT2D eigenvalue weighted by atomic mass is 9.79. The third kappa shape index (κ3) is 25.0. The van der Waals surface area contributed by atoms with Crippen molar-refractivity contribution in [2.75, 3.05) is 120 Å². The number of piperazine rings is 1. The Morgan fingerprint density at radius 1 is 0.764 bits per heavy atom. The molecule has 664 valence electrons. The van der Waals surface area contributed by atoms with E-state index in [0.717, 1.165) is 10.5 Å².